The summed E-state index contributed by atoms with van der Waals surface area (Å²) in [6.07, 6.45) is 3.06. The fraction of sp³-hybridized carbons (Fsp3) is 0.500. The van der Waals surface area contributed by atoms with E-state index in [9.17, 15) is 9.90 Å². The summed E-state index contributed by atoms with van der Waals surface area (Å²) < 4.78 is 5.23. The number of ether oxygens (including phenoxy) is 1. The SMILES string of the molecule is Cl.NC(C(=O)Nc1ncccc1O)C1CCOCC1. The molecule has 1 fully saturated rings. The summed E-state index contributed by atoms with van der Waals surface area (Å²) in [5.41, 5.74) is 5.91. The van der Waals surface area contributed by atoms with Crippen molar-refractivity contribution in [1.82, 2.24) is 4.98 Å². The number of anilines is 1. The van der Waals surface area contributed by atoms with E-state index in [1.807, 2.05) is 0 Å². The highest BCUT2D eigenvalue weighted by Crippen LogP contribution is 2.21. The van der Waals surface area contributed by atoms with Gasteiger partial charge in [-0.3, -0.25) is 4.79 Å². The summed E-state index contributed by atoms with van der Waals surface area (Å²) in [7, 11) is 0. The van der Waals surface area contributed by atoms with E-state index < -0.39 is 6.04 Å². The van der Waals surface area contributed by atoms with E-state index in [-0.39, 0.29) is 35.8 Å². The number of hydrogen-bond donors (Lipinski definition) is 3. The summed E-state index contributed by atoms with van der Waals surface area (Å²) >= 11 is 0. The largest absolute Gasteiger partial charge is 0.504 e. The van der Waals surface area contributed by atoms with Gasteiger partial charge in [0.2, 0.25) is 5.91 Å². The summed E-state index contributed by atoms with van der Waals surface area (Å²) in [4.78, 5) is 15.8. The molecule has 6 nitrogen and oxygen atoms in total. The normalized spacial score (nSPS) is 17.3. The minimum absolute atomic E-state index is 0. The van der Waals surface area contributed by atoms with Crippen LogP contribution in [0.1, 0.15) is 12.8 Å². The number of rotatable bonds is 3. The molecule has 0 bridgehead atoms. The average Bonchev–Trinajstić information content (AvgIpc) is 2.41. The van der Waals surface area contributed by atoms with Gasteiger partial charge in [0.05, 0.1) is 6.04 Å². The molecule has 0 spiro atoms. The van der Waals surface area contributed by atoms with Crippen molar-refractivity contribution in [3.63, 3.8) is 0 Å². The molecule has 1 unspecified atom stereocenters. The van der Waals surface area contributed by atoms with Crippen molar-refractivity contribution in [2.75, 3.05) is 18.5 Å². The predicted octanol–water partition coefficient (Wildman–Crippen LogP) is 0.901. The van der Waals surface area contributed by atoms with E-state index in [0.717, 1.165) is 12.8 Å². The Hall–Kier alpha value is -1.37. The van der Waals surface area contributed by atoms with Crippen molar-refractivity contribution in [1.29, 1.82) is 0 Å². The zero-order chi connectivity index (χ0) is 13.0. The third-order valence-corrected chi connectivity index (χ3v) is 3.10. The van der Waals surface area contributed by atoms with E-state index >= 15 is 0 Å². The molecule has 1 amide bonds. The number of nitrogens with zero attached hydrogens (tertiary/aromatic N) is 1. The lowest BCUT2D eigenvalue weighted by atomic mass is 9.92. The highest BCUT2D eigenvalue weighted by Gasteiger charge is 2.27. The second-order valence-electron chi connectivity index (χ2n) is 4.34. The third-order valence-electron chi connectivity index (χ3n) is 3.10. The monoisotopic (exact) mass is 287 g/mol. The van der Waals surface area contributed by atoms with Crippen LogP contribution in [0.3, 0.4) is 0 Å². The molecule has 1 saturated heterocycles. The number of aromatic nitrogens is 1. The summed E-state index contributed by atoms with van der Waals surface area (Å²) in [6.45, 7) is 1.28. The Balaban J connectivity index is 0.00000180. The van der Waals surface area contributed by atoms with Crippen molar-refractivity contribution in [3.8, 4) is 5.75 Å². The Bertz CT molecular complexity index is 424. The van der Waals surface area contributed by atoms with Gasteiger partial charge in [0.1, 0.15) is 0 Å². The Morgan fingerprint density at radius 1 is 1.53 bits per heavy atom. The number of hydrogen-bond acceptors (Lipinski definition) is 5. The topological polar surface area (TPSA) is 97.5 Å². The molecule has 1 aromatic heterocycles. The van der Waals surface area contributed by atoms with Gasteiger partial charge in [0.15, 0.2) is 11.6 Å². The maximum atomic E-state index is 11.9. The van der Waals surface area contributed by atoms with E-state index in [1.54, 1.807) is 6.07 Å². The minimum Gasteiger partial charge on any atom is -0.504 e. The van der Waals surface area contributed by atoms with Crippen molar-refractivity contribution >= 4 is 24.1 Å². The maximum absolute atomic E-state index is 11.9. The molecule has 1 aliphatic heterocycles. The first kappa shape index (κ1) is 15.7. The van der Waals surface area contributed by atoms with Crippen molar-refractivity contribution < 1.29 is 14.6 Å². The van der Waals surface area contributed by atoms with E-state index in [1.165, 1.54) is 12.3 Å². The maximum Gasteiger partial charge on any atom is 0.242 e. The van der Waals surface area contributed by atoms with Crippen molar-refractivity contribution in [3.05, 3.63) is 18.3 Å². The zero-order valence-corrected chi connectivity index (χ0v) is 11.2. The third kappa shape index (κ3) is 4.05. The quantitative estimate of drug-likeness (QED) is 0.767. The Kier molecular flexibility index (Phi) is 6.01. The molecule has 19 heavy (non-hydrogen) atoms. The molecule has 0 saturated carbocycles. The average molecular weight is 288 g/mol. The molecular formula is C12H18ClN3O3. The van der Waals surface area contributed by atoms with Gasteiger partial charge in [-0.15, -0.1) is 12.4 Å². The molecule has 0 aliphatic carbocycles. The van der Waals surface area contributed by atoms with Gasteiger partial charge in [0, 0.05) is 19.4 Å². The van der Waals surface area contributed by atoms with Crippen LogP contribution in [0.2, 0.25) is 0 Å². The molecule has 2 heterocycles. The fourth-order valence-corrected chi connectivity index (χ4v) is 1.98. The smallest absolute Gasteiger partial charge is 0.242 e. The van der Waals surface area contributed by atoms with Gasteiger partial charge >= 0.3 is 0 Å². The Morgan fingerprint density at radius 2 is 2.21 bits per heavy atom. The first-order chi connectivity index (χ1) is 8.68. The molecule has 1 atom stereocenters. The van der Waals surface area contributed by atoms with E-state index in [2.05, 4.69) is 10.3 Å². The van der Waals surface area contributed by atoms with Crippen LogP contribution < -0.4 is 11.1 Å². The molecule has 1 aliphatic rings. The van der Waals surface area contributed by atoms with Gasteiger partial charge in [0.25, 0.3) is 0 Å². The van der Waals surface area contributed by atoms with E-state index in [4.69, 9.17) is 10.5 Å². The van der Waals surface area contributed by atoms with Crippen LogP contribution in [0, 0.1) is 5.92 Å². The number of carbonyl (C=O) groups excluding carboxylic acids is 1. The fourth-order valence-electron chi connectivity index (χ4n) is 1.98. The lowest BCUT2D eigenvalue weighted by Crippen LogP contribution is -2.44. The van der Waals surface area contributed by atoms with Crippen LogP contribution in [0.25, 0.3) is 0 Å². The number of aromatic hydroxyl groups is 1. The minimum atomic E-state index is -0.602. The highest BCUT2D eigenvalue weighted by molar-refractivity contribution is 5.95. The number of nitrogens with two attached hydrogens (primary N) is 1. The Labute approximate surface area is 117 Å². The van der Waals surface area contributed by atoms with Gasteiger partial charge in [-0.05, 0) is 30.9 Å². The van der Waals surface area contributed by atoms with Crippen LogP contribution in [0.5, 0.6) is 5.75 Å². The van der Waals surface area contributed by atoms with Gasteiger partial charge in [-0.25, -0.2) is 4.98 Å². The van der Waals surface area contributed by atoms with E-state index in [0.29, 0.717) is 13.2 Å². The Morgan fingerprint density at radius 3 is 2.84 bits per heavy atom. The van der Waals surface area contributed by atoms with Gasteiger partial charge < -0.3 is 20.9 Å². The first-order valence-electron chi connectivity index (χ1n) is 5.96. The number of pyridine rings is 1. The number of halogens is 1. The number of amides is 1. The van der Waals surface area contributed by atoms with Crippen molar-refractivity contribution in [2.24, 2.45) is 11.7 Å². The predicted molar refractivity (Wildman–Crippen MR) is 73.3 cm³/mol. The van der Waals surface area contributed by atoms with Crippen molar-refractivity contribution in [2.45, 2.75) is 18.9 Å². The van der Waals surface area contributed by atoms with Gasteiger partial charge in [-0.1, -0.05) is 0 Å². The molecule has 4 N–H and O–H groups in total. The first-order valence-corrected chi connectivity index (χ1v) is 5.96. The molecule has 7 heteroatoms. The van der Waals surface area contributed by atoms with Gasteiger partial charge in [-0.2, -0.15) is 0 Å². The molecule has 106 valence electrons. The lowest BCUT2D eigenvalue weighted by molar-refractivity contribution is -0.119. The number of carbonyl (C=O) groups is 1. The molecule has 0 aromatic carbocycles. The highest BCUT2D eigenvalue weighted by atomic mass is 35.5. The summed E-state index contributed by atoms with van der Waals surface area (Å²) in [5, 5.41) is 12.1. The molecule has 2 rings (SSSR count). The van der Waals surface area contributed by atoms with Crippen LogP contribution in [-0.4, -0.2) is 35.3 Å². The second kappa shape index (κ2) is 7.28. The standard InChI is InChI=1S/C12H17N3O3.ClH/c13-10(8-3-6-18-7-4-8)12(17)15-11-9(16)2-1-5-14-11;/h1-2,5,8,10,16H,3-4,6-7,13H2,(H,14,15,17);1H. The second-order valence-corrected chi connectivity index (χ2v) is 4.34. The molecule has 0 radical (unpaired) electrons. The molecular weight excluding hydrogens is 270 g/mol. The summed E-state index contributed by atoms with van der Waals surface area (Å²) in [5.74, 6) is -0.129. The number of nitrogens with one attached hydrogen (secondary N) is 1. The zero-order valence-electron chi connectivity index (χ0n) is 10.4. The molecule has 1 aromatic rings. The lowest BCUT2D eigenvalue weighted by Gasteiger charge is -2.26. The summed E-state index contributed by atoms with van der Waals surface area (Å²) in [6, 6.07) is 2.45. The van der Waals surface area contributed by atoms with Crippen LogP contribution in [-0.2, 0) is 9.53 Å². The van der Waals surface area contributed by atoms with Crippen LogP contribution in [0.4, 0.5) is 5.82 Å². The van der Waals surface area contributed by atoms with Crippen LogP contribution in [0.15, 0.2) is 18.3 Å². The van der Waals surface area contributed by atoms with Crippen LogP contribution >= 0.6 is 12.4 Å².